The number of anilines is 1. The molecule has 0 radical (unpaired) electrons. The van der Waals surface area contributed by atoms with Crippen LogP contribution in [-0.4, -0.2) is 40.8 Å². The van der Waals surface area contributed by atoms with Crippen molar-refractivity contribution in [1.82, 2.24) is 34.3 Å². The van der Waals surface area contributed by atoms with Gasteiger partial charge in [-0.25, -0.2) is 15.0 Å². The minimum atomic E-state index is 0.222. The first-order chi connectivity index (χ1) is 13.1. The summed E-state index contributed by atoms with van der Waals surface area (Å²) in [6.45, 7) is 6.97. The van der Waals surface area contributed by atoms with Gasteiger partial charge in [0, 0.05) is 43.8 Å². The molecule has 0 saturated heterocycles. The largest absolute Gasteiger partial charge is 0.354 e. The number of aromatic nitrogens is 7. The average molecular weight is 362 g/mol. The van der Waals surface area contributed by atoms with E-state index in [0.717, 1.165) is 40.4 Å². The molecule has 138 valence electrons. The van der Waals surface area contributed by atoms with Crippen LogP contribution in [0.2, 0.25) is 0 Å². The van der Waals surface area contributed by atoms with E-state index in [1.165, 1.54) is 0 Å². The lowest BCUT2D eigenvalue weighted by Gasteiger charge is -2.05. The second-order valence-electron chi connectivity index (χ2n) is 6.65. The molecule has 0 fully saturated rings. The molecule has 0 spiro atoms. The Hall–Kier alpha value is -3.29. The van der Waals surface area contributed by atoms with Gasteiger partial charge in [-0.1, -0.05) is 0 Å². The van der Waals surface area contributed by atoms with Crippen molar-refractivity contribution in [2.24, 2.45) is 7.05 Å². The van der Waals surface area contributed by atoms with Crippen molar-refractivity contribution in [1.29, 1.82) is 0 Å². The summed E-state index contributed by atoms with van der Waals surface area (Å²) in [5.74, 6) is 0.599. The number of hydrogen-bond donors (Lipinski definition) is 1. The van der Waals surface area contributed by atoms with Crippen molar-refractivity contribution < 1.29 is 0 Å². The highest BCUT2D eigenvalue weighted by atomic mass is 15.3. The number of fused-ring (bicyclic) bond motifs is 1. The molecule has 4 aromatic rings. The maximum Gasteiger partial charge on any atom is 0.223 e. The van der Waals surface area contributed by atoms with Crippen LogP contribution in [0.3, 0.4) is 0 Å². The molecular weight excluding hydrogens is 340 g/mol. The number of nitrogens with one attached hydrogen (secondary N) is 1. The van der Waals surface area contributed by atoms with Crippen LogP contribution < -0.4 is 5.32 Å². The molecule has 0 atom stereocenters. The summed E-state index contributed by atoms with van der Waals surface area (Å²) in [5, 5.41) is 7.93. The first-order valence-electron chi connectivity index (χ1n) is 9.01. The van der Waals surface area contributed by atoms with Crippen LogP contribution in [0.1, 0.15) is 26.8 Å². The number of nitrogens with zero attached hydrogens (tertiary/aromatic N) is 7. The van der Waals surface area contributed by atoms with Crippen LogP contribution in [0, 0.1) is 0 Å². The molecule has 0 amide bonds. The zero-order chi connectivity index (χ0) is 19.0. The minimum absolute atomic E-state index is 0.222. The van der Waals surface area contributed by atoms with Crippen LogP contribution in [0.25, 0.3) is 33.8 Å². The molecule has 0 aliphatic rings. The van der Waals surface area contributed by atoms with E-state index in [4.69, 9.17) is 10.1 Å². The third kappa shape index (κ3) is 3.14. The van der Waals surface area contributed by atoms with E-state index in [2.05, 4.69) is 34.1 Å². The van der Waals surface area contributed by atoms with E-state index in [-0.39, 0.29) is 6.04 Å². The smallest absolute Gasteiger partial charge is 0.223 e. The molecule has 8 nitrogen and oxygen atoms in total. The van der Waals surface area contributed by atoms with E-state index in [1.54, 1.807) is 12.4 Å². The maximum atomic E-state index is 4.79. The van der Waals surface area contributed by atoms with Crippen molar-refractivity contribution in [2.45, 2.75) is 26.8 Å². The Kier molecular flexibility index (Phi) is 4.31. The Morgan fingerprint density at radius 3 is 2.74 bits per heavy atom. The summed E-state index contributed by atoms with van der Waals surface area (Å²) < 4.78 is 3.88. The van der Waals surface area contributed by atoms with E-state index in [9.17, 15) is 0 Å². The van der Waals surface area contributed by atoms with E-state index in [1.807, 2.05) is 47.7 Å². The first kappa shape index (κ1) is 17.1. The van der Waals surface area contributed by atoms with Crippen molar-refractivity contribution in [2.75, 3.05) is 11.9 Å². The average Bonchev–Trinajstić information content (AvgIpc) is 3.27. The molecule has 0 saturated carbocycles. The van der Waals surface area contributed by atoms with Gasteiger partial charge in [0.1, 0.15) is 16.9 Å². The SMILES string of the molecule is CCNc1nccc(-c2cn(C(C)C)nc2-c2cnc3ccn(C)c3n2)n1. The van der Waals surface area contributed by atoms with Gasteiger partial charge < -0.3 is 9.88 Å². The Morgan fingerprint density at radius 2 is 1.96 bits per heavy atom. The van der Waals surface area contributed by atoms with Gasteiger partial charge in [0.2, 0.25) is 5.95 Å². The zero-order valence-corrected chi connectivity index (χ0v) is 15.9. The molecule has 0 bridgehead atoms. The Balaban J connectivity index is 1.88. The van der Waals surface area contributed by atoms with Crippen LogP contribution >= 0.6 is 0 Å². The van der Waals surface area contributed by atoms with E-state index >= 15 is 0 Å². The monoisotopic (exact) mass is 362 g/mol. The van der Waals surface area contributed by atoms with Gasteiger partial charge >= 0.3 is 0 Å². The summed E-state index contributed by atoms with van der Waals surface area (Å²) in [4.78, 5) is 18.2. The topological polar surface area (TPSA) is 86.3 Å². The Bertz CT molecular complexity index is 1090. The maximum absolute atomic E-state index is 4.79. The van der Waals surface area contributed by atoms with Crippen LogP contribution in [-0.2, 0) is 7.05 Å². The third-order valence-electron chi connectivity index (χ3n) is 4.34. The fourth-order valence-electron chi connectivity index (χ4n) is 2.92. The fourth-order valence-corrected chi connectivity index (χ4v) is 2.92. The first-order valence-corrected chi connectivity index (χ1v) is 9.01. The molecule has 1 N–H and O–H groups in total. The number of hydrogen-bond acceptors (Lipinski definition) is 6. The highest BCUT2D eigenvalue weighted by Gasteiger charge is 2.18. The molecule has 4 aromatic heterocycles. The summed E-state index contributed by atoms with van der Waals surface area (Å²) in [6, 6.07) is 4.06. The summed E-state index contributed by atoms with van der Waals surface area (Å²) in [5.41, 5.74) is 4.89. The van der Waals surface area contributed by atoms with Crippen molar-refractivity contribution in [3.05, 3.63) is 36.9 Å². The normalized spacial score (nSPS) is 11.4. The molecule has 8 heteroatoms. The zero-order valence-electron chi connectivity index (χ0n) is 15.9. The van der Waals surface area contributed by atoms with Gasteiger partial charge in [0.25, 0.3) is 0 Å². The van der Waals surface area contributed by atoms with Crippen LogP contribution in [0.4, 0.5) is 5.95 Å². The molecule has 0 aromatic carbocycles. The molecule has 0 aliphatic carbocycles. The standard InChI is InChI=1S/C19H22N8/c1-5-20-19-21-8-6-14(24-19)13-11-27(12(2)3)25-17(13)16-10-22-15-7-9-26(4)18(15)23-16/h6-12H,5H2,1-4H3,(H,20,21,24). The third-order valence-corrected chi connectivity index (χ3v) is 4.34. The fraction of sp³-hybridized carbons (Fsp3) is 0.316. The summed E-state index contributed by atoms with van der Waals surface area (Å²) in [7, 11) is 1.96. The van der Waals surface area contributed by atoms with Crippen LogP contribution in [0.15, 0.2) is 36.9 Å². The summed E-state index contributed by atoms with van der Waals surface area (Å²) >= 11 is 0. The lowest BCUT2D eigenvalue weighted by Crippen LogP contribution is -2.02. The van der Waals surface area contributed by atoms with Crippen molar-refractivity contribution >= 4 is 17.1 Å². The predicted octanol–water partition coefficient (Wildman–Crippen LogP) is 3.30. The van der Waals surface area contributed by atoms with Gasteiger partial charge in [-0.15, -0.1) is 0 Å². The molecule has 0 unspecified atom stereocenters. The van der Waals surface area contributed by atoms with Crippen molar-refractivity contribution in [3.8, 4) is 22.6 Å². The number of aryl methyl sites for hydroxylation is 1. The Labute approximate surface area is 157 Å². The molecule has 27 heavy (non-hydrogen) atoms. The lowest BCUT2D eigenvalue weighted by molar-refractivity contribution is 0.534. The van der Waals surface area contributed by atoms with Crippen LogP contribution in [0.5, 0.6) is 0 Å². The van der Waals surface area contributed by atoms with Gasteiger partial charge in [-0.2, -0.15) is 5.10 Å². The van der Waals surface area contributed by atoms with Gasteiger partial charge in [0.05, 0.1) is 11.9 Å². The second-order valence-corrected chi connectivity index (χ2v) is 6.65. The molecule has 4 heterocycles. The number of rotatable bonds is 5. The highest BCUT2D eigenvalue weighted by molar-refractivity contribution is 5.80. The highest BCUT2D eigenvalue weighted by Crippen LogP contribution is 2.30. The van der Waals surface area contributed by atoms with Gasteiger partial charge in [0.15, 0.2) is 5.65 Å². The lowest BCUT2D eigenvalue weighted by atomic mass is 10.1. The molecule has 0 aliphatic heterocycles. The quantitative estimate of drug-likeness (QED) is 0.586. The predicted molar refractivity (Wildman–Crippen MR) is 105 cm³/mol. The minimum Gasteiger partial charge on any atom is -0.354 e. The van der Waals surface area contributed by atoms with Gasteiger partial charge in [-0.05, 0) is 32.9 Å². The second kappa shape index (κ2) is 6.79. The van der Waals surface area contributed by atoms with Crippen molar-refractivity contribution in [3.63, 3.8) is 0 Å². The van der Waals surface area contributed by atoms with E-state index < -0.39 is 0 Å². The molecule has 4 rings (SSSR count). The Morgan fingerprint density at radius 1 is 1.11 bits per heavy atom. The van der Waals surface area contributed by atoms with E-state index in [0.29, 0.717) is 5.95 Å². The summed E-state index contributed by atoms with van der Waals surface area (Å²) in [6.07, 6.45) is 7.48. The molecular formula is C19H22N8. The van der Waals surface area contributed by atoms with Gasteiger partial charge in [-0.3, -0.25) is 9.67 Å².